The van der Waals surface area contributed by atoms with E-state index < -0.39 is 25.1 Å². The fraction of sp³-hybridized carbons (Fsp3) is 0.360. The molecule has 0 unspecified atom stereocenters. The van der Waals surface area contributed by atoms with Gasteiger partial charge in [-0.1, -0.05) is 6.92 Å². The summed E-state index contributed by atoms with van der Waals surface area (Å²) in [5, 5.41) is 9.84. The van der Waals surface area contributed by atoms with E-state index in [-0.39, 0.29) is 29.2 Å². The van der Waals surface area contributed by atoms with Crippen molar-refractivity contribution in [2.24, 2.45) is 5.73 Å². The van der Waals surface area contributed by atoms with Gasteiger partial charge in [0, 0.05) is 47.5 Å². The number of rotatable bonds is 9. The van der Waals surface area contributed by atoms with Crippen LogP contribution in [0.25, 0.3) is 16.9 Å². The quantitative estimate of drug-likeness (QED) is 0.278. The van der Waals surface area contributed by atoms with Gasteiger partial charge in [0.15, 0.2) is 11.5 Å². The summed E-state index contributed by atoms with van der Waals surface area (Å²) in [5.74, 6) is 0.200. The van der Waals surface area contributed by atoms with Gasteiger partial charge in [0.2, 0.25) is 0 Å². The van der Waals surface area contributed by atoms with Crippen molar-refractivity contribution in [3.63, 3.8) is 0 Å². The first-order chi connectivity index (χ1) is 18.2. The van der Waals surface area contributed by atoms with Crippen molar-refractivity contribution in [1.82, 2.24) is 29.5 Å². The molecule has 1 aromatic carbocycles. The van der Waals surface area contributed by atoms with Gasteiger partial charge in [-0.2, -0.15) is 5.10 Å². The summed E-state index contributed by atoms with van der Waals surface area (Å²) in [6.45, 7) is 1.15. The first-order valence-corrected chi connectivity index (χ1v) is 12.2. The molecular weight excluding hydrogens is 504 g/mol. The molecule has 0 radical (unpaired) electrons. The third-order valence-corrected chi connectivity index (χ3v) is 6.53. The number of nitrogens with two attached hydrogens (primary N) is 1. The lowest BCUT2D eigenvalue weighted by Crippen LogP contribution is -2.50. The molecule has 1 amide bonds. The van der Waals surface area contributed by atoms with Crippen molar-refractivity contribution in [3.8, 4) is 11.3 Å². The second-order valence-electron chi connectivity index (χ2n) is 9.21. The molecule has 1 saturated carbocycles. The van der Waals surface area contributed by atoms with E-state index in [2.05, 4.69) is 25.7 Å². The lowest BCUT2D eigenvalue weighted by molar-refractivity contribution is 0.0909. The zero-order valence-corrected chi connectivity index (χ0v) is 20.4. The fourth-order valence-corrected chi connectivity index (χ4v) is 4.60. The van der Waals surface area contributed by atoms with Gasteiger partial charge in [-0.15, -0.1) is 0 Å². The van der Waals surface area contributed by atoms with E-state index in [1.54, 1.807) is 18.3 Å². The van der Waals surface area contributed by atoms with Crippen molar-refractivity contribution in [1.29, 1.82) is 0 Å². The Bertz CT molecular complexity index is 1460. The second-order valence-corrected chi connectivity index (χ2v) is 9.21. The Morgan fingerprint density at radius 2 is 2.00 bits per heavy atom. The molecule has 3 heterocycles. The molecule has 13 heteroatoms. The Kier molecular flexibility index (Phi) is 7.02. The largest absolute Gasteiger partial charge is 0.349 e. The Hall–Kier alpha value is -4.00. The summed E-state index contributed by atoms with van der Waals surface area (Å²) >= 11 is 0. The van der Waals surface area contributed by atoms with Crippen molar-refractivity contribution < 1.29 is 22.4 Å². The molecule has 9 nitrogen and oxygen atoms in total. The number of imidazole rings is 1. The molecule has 4 aromatic rings. The molecular formula is C25H26F4N8O. The van der Waals surface area contributed by atoms with Crippen LogP contribution >= 0.6 is 0 Å². The number of hydrogen-bond acceptors (Lipinski definition) is 6. The SMILES string of the molecule is CCc1cc(Nc2nccn3c(-c4cn(CC(F)F)nc4C(F)F)cnc23)ccc1C(=O)N[C@H]1C[C@@H](N)C1. The van der Waals surface area contributed by atoms with Gasteiger partial charge in [-0.3, -0.25) is 13.9 Å². The number of carbonyl (C=O) groups excluding carboxylic acids is 1. The van der Waals surface area contributed by atoms with Crippen LogP contribution in [0.1, 0.15) is 47.8 Å². The molecule has 4 N–H and O–H groups in total. The van der Waals surface area contributed by atoms with Gasteiger partial charge in [-0.25, -0.2) is 27.5 Å². The van der Waals surface area contributed by atoms with E-state index in [4.69, 9.17) is 5.73 Å². The number of aromatic nitrogens is 5. The van der Waals surface area contributed by atoms with E-state index in [0.29, 0.717) is 29.1 Å². The van der Waals surface area contributed by atoms with Crippen LogP contribution in [-0.4, -0.2) is 48.6 Å². The first kappa shape index (κ1) is 25.6. The number of nitrogens with one attached hydrogen (secondary N) is 2. The summed E-state index contributed by atoms with van der Waals surface area (Å²) in [7, 11) is 0. The smallest absolute Gasteiger partial charge is 0.282 e. The Balaban J connectivity index is 1.43. The highest BCUT2D eigenvalue weighted by atomic mass is 19.3. The monoisotopic (exact) mass is 530 g/mol. The number of aryl methyl sites for hydroxylation is 1. The minimum atomic E-state index is -2.96. The molecule has 3 aromatic heterocycles. The third-order valence-electron chi connectivity index (χ3n) is 6.53. The van der Waals surface area contributed by atoms with Gasteiger partial charge in [-0.05, 0) is 43.0 Å². The van der Waals surface area contributed by atoms with Crippen LogP contribution in [0, 0.1) is 0 Å². The summed E-state index contributed by atoms with van der Waals surface area (Å²) in [5.41, 5.74) is 7.87. The molecule has 38 heavy (non-hydrogen) atoms. The Morgan fingerprint density at radius 3 is 2.68 bits per heavy atom. The van der Waals surface area contributed by atoms with Crippen LogP contribution in [-0.2, 0) is 13.0 Å². The Labute approximate surface area is 215 Å². The number of carbonyl (C=O) groups is 1. The normalized spacial score (nSPS) is 17.3. The number of benzene rings is 1. The van der Waals surface area contributed by atoms with E-state index in [9.17, 15) is 22.4 Å². The molecule has 5 rings (SSSR count). The van der Waals surface area contributed by atoms with Crippen molar-refractivity contribution in [2.75, 3.05) is 5.32 Å². The maximum Gasteiger partial charge on any atom is 0.282 e. The molecule has 1 fully saturated rings. The zero-order valence-electron chi connectivity index (χ0n) is 20.4. The highest BCUT2D eigenvalue weighted by Crippen LogP contribution is 2.32. The molecule has 0 spiro atoms. The minimum absolute atomic E-state index is 0.00125. The van der Waals surface area contributed by atoms with Crippen LogP contribution in [0.15, 0.2) is 43.0 Å². The molecule has 0 aliphatic heterocycles. The molecule has 1 aliphatic carbocycles. The number of amides is 1. The maximum atomic E-state index is 13.7. The summed E-state index contributed by atoms with van der Waals surface area (Å²) < 4.78 is 55.3. The lowest BCUT2D eigenvalue weighted by Gasteiger charge is -2.33. The number of halogens is 4. The average molecular weight is 531 g/mol. The van der Waals surface area contributed by atoms with E-state index >= 15 is 0 Å². The van der Waals surface area contributed by atoms with Crippen molar-refractivity contribution in [3.05, 3.63) is 59.8 Å². The summed E-state index contributed by atoms with van der Waals surface area (Å²) in [6, 6.07) is 5.55. The molecule has 0 saturated heterocycles. The highest BCUT2D eigenvalue weighted by molar-refractivity contribution is 5.96. The number of hydrogen-bond donors (Lipinski definition) is 3. The predicted octanol–water partition coefficient (Wildman–Crippen LogP) is 4.32. The zero-order chi connectivity index (χ0) is 27.0. The summed E-state index contributed by atoms with van der Waals surface area (Å²) in [4.78, 5) is 21.4. The van der Waals surface area contributed by atoms with Crippen LogP contribution in [0.5, 0.6) is 0 Å². The topological polar surface area (TPSA) is 115 Å². The summed E-state index contributed by atoms with van der Waals surface area (Å²) in [6.07, 6.45) is 2.00. The van der Waals surface area contributed by atoms with Crippen molar-refractivity contribution in [2.45, 2.75) is 57.7 Å². The lowest BCUT2D eigenvalue weighted by atomic mass is 9.87. The predicted molar refractivity (Wildman–Crippen MR) is 133 cm³/mol. The van der Waals surface area contributed by atoms with Crippen LogP contribution in [0.2, 0.25) is 0 Å². The minimum Gasteiger partial charge on any atom is -0.349 e. The van der Waals surface area contributed by atoms with Gasteiger partial charge >= 0.3 is 0 Å². The number of alkyl halides is 4. The first-order valence-electron chi connectivity index (χ1n) is 12.2. The Morgan fingerprint density at radius 1 is 1.21 bits per heavy atom. The second kappa shape index (κ2) is 10.4. The molecule has 0 bridgehead atoms. The number of nitrogens with zero attached hydrogens (tertiary/aromatic N) is 5. The fourth-order valence-electron chi connectivity index (χ4n) is 4.60. The van der Waals surface area contributed by atoms with Crippen LogP contribution in [0.4, 0.5) is 29.1 Å². The van der Waals surface area contributed by atoms with Gasteiger partial charge in [0.25, 0.3) is 18.8 Å². The number of fused-ring (bicyclic) bond motifs is 1. The highest BCUT2D eigenvalue weighted by Gasteiger charge is 2.28. The third kappa shape index (κ3) is 5.05. The van der Waals surface area contributed by atoms with Crippen LogP contribution < -0.4 is 16.4 Å². The van der Waals surface area contributed by atoms with Gasteiger partial charge in [0.05, 0.1) is 11.9 Å². The van der Waals surface area contributed by atoms with Crippen LogP contribution in [0.3, 0.4) is 0 Å². The molecule has 1 aliphatic rings. The van der Waals surface area contributed by atoms with Crippen molar-refractivity contribution >= 4 is 23.1 Å². The van der Waals surface area contributed by atoms with E-state index in [0.717, 1.165) is 23.1 Å². The molecule has 0 atom stereocenters. The van der Waals surface area contributed by atoms with E-state index in [1.165, 1.54) is 23.0 Å². The van der Waals surface area contributed by atoms with E-state index in [1.807, 2.05) is 13.0 Å². The van der Waals surface area contributed by atoms with Gasteiger partial charge in [0.1, 0.15) is 12.2 Å². The standard InChI is InChI=1S/C25H26F4N8O/c1-2-13-7-15(3-4-17(13)25(38)34-16-8-14(30)9-16)33-23-24-32-10-19(37(24)6-5-31-23)18-11-36(12-20(26)27)35-21(18)22(28)29/h3-7,10-11,14,16,20,22H,2,8-9,12,30H2,1H3,(H,31,33)(H,34,38)/t14-,16+. The number of anilines is 2. The molecule has 200 valence electrons. The maximum absolute atomic E-state index is 13.7. The van der Waals surface area contributed by atoms with Gasteiger partial charge < -0.3 is 16.4 Å². The average Bonchev–Trinajstić information content (AvgIpc) is 3.47.